The van der Waals surface area contributed by atoms with E-state index in [4.69, 9.17) is 4.52 Å². The first-order valence-corrected chi connectivity index (χ1v) is 9.66. The van der Waals surface area contributed by atoms with Crippen molar-refractivity contribution in [2.75, 3.05) is 4.90 Å². The highest BCUT2D eigenvalue weighted by Gasteiger charge is 2.33. The second kappa shape index (κ2) is 6.13. The molecule has 142 valence electrons. The van der Waals surface area contributed by atoms with Gasteiger partial charge in [0.15, 0.2) is 0 Å². The Morgan fingerprint density at radius 3 is 2.55 bits per heavy atom. The molecule has 29 heavy (non-hydrogen) atoms. The molecule has 0 spiro atoms. The van der Waals surface area contributed by atoms with E-state index in [1.165, 1.54) is 0 Å². The van der Waals surface area contributed by atoms with Gasteiger partial charge in [-0.05, 0) is 37.1 Å². The summed E-state index contributed by atoms with van der Waals surface area (Å²) in [6.45, 7) is 0.382. The Bertz CT molecular complexity index is 1220. The number of benzene rings is 2. The molecule has 7 heteroatoms. The number of imidazole rings is 1. The summed E-state index contributed by atoms with van der Waals surface area (Å²) >= 11 is 0. The Balaban J connectivity index is 1.46. The molecule has 0 saturated heterocycles. The Morgan fingerprint density at radius 2 is 1.76 bits per heavy atom. The molecule has 1 aliphatic carbocycles. The van der Waals surface area contributed by atoms with E-state index in [0.717, 1.165) is 29.9 Å². The largest absolute Gasteiger partial charge is 0.339 e. The van der Waals surface area contributed by atoms with Gasteiger partial charge < -0.3 is 9.42 Å². The highest BCUT2D eigenvalue weighted by Crippen LogP contribution is 2.40. The number of amides is 1. The van der Waals surface area contributed by atoms with Crippen LogP contribution < -0.4 is 4.90 Å². The highest BCUT2D eigenvalue weighted by atomic mass is 16.5. The van der Waals surface area contributed by atoms with Gasteiger partial charge in [-0.15, -0.1) is 0 Å². The van der Waals surface area contributed by atoms with Gasteiger partial charge >= 0.3 is 0 Å². The first-order valence-electron chi connectivity index (χ1n) is 9.66. The van der Waals surface area contributed by atoms with E-state index in [1.807, 2.05) is 59.2 Å². The van der Waals surface area contributed by atoms with Crippen molar-refractivity contribution >= 4 is 11.6 Å². The number of hydrogen-bond acceptors (Lipinski definition) is 5. The Labute approximate surface area is 166 Å². The van der Waals surface area contributed by atoms with Crippen LogP contribution >= 0.6 is 0 Å². The number of anilines is 1. The fourth-order valence-electron chi connectivity index (χ4n) is 3.80. The average Bonchev–Trinajstić information content (AvgIpc) is 3.35. The molecule has 1 aliphatic heterocycles. The van der Waals surface area contributed by atoms with Gasteiger partial charge in [-0.1, -0.05) is 35.5 Å². The normalized spacial score (nSPS) is 15.1. The monoisotopic (exact) mass is 383 g/mol. The maximum absolute atomic E-state index is 13.3. The molecule has 1 saturated carbocycles. The zero-order chi connectivity index (χ0) is 19.4. The minimum Gasteiger partial charge on any atom is -0.339 e. The van der Waals surface area contributed by atoms with Gasteiger partial charge in [0.05, 0.1) is 23.6 Å². The topological polar surface area (TPSA) is 77.1 Å². The third-order valence-electron chi connectivity index (χ3n) is 5.45. The minimum atomic E-state index is -0.0526. The van der Waals surface area contributed by atoms with Gasteiger partial charge in [0, 0.05) is 11.5 Å². The van der Waals surface area contributed by atoms with Crippen molar-refractivity contribution in [3.05, 3.63) is 78.1 Å². The zero-order valence-corrected chi connectivity index (χ0v) is 15.5. The number of nitrogens with zero attached hydrogens (tertiary/aromatic N) is 5. The Morgan fingerprint density at radius 1 is 1.00 bits per heavy atom. The number of aromatic nitrogens is 4. The molecule has 2 aromatic carbocycles. The first-order chi connectivity index (χ1) is 14.3. The fourth-order valence-corrected chi connectivity index (χ4v) is 3.80. The summed E-state index contributed by atoms with van der Waals surface area (Å²) in [5.74, 6) is 1.48. The maximum atomic E-state index is 13.3. The lowest BCUT2D eigenvalue weighted by Gasteiger charge is -2.30. The Hall–Kier alpha value is -3.74. The van der Waals surface area contributed by atoms with Crippen LogP contribution in [0.25, 0.3) is 17.2 Å². The summed E-state index contributed by atoms with van der Waals surface area (Å²) in [4.78, 5) is 24.2. The Kier molecular flexibility index (Phi) is 3.43. The van der Waals surface area contributed by atoms with Crippen LogP contribution in [0, 0.1) is 0 Å². The van der Waals surface area contributed by atoms with Gasteiger partial charge in [0.2, 0.25) is 11.7 Å². The number of hydrogen-bond donors (Lipinski definition) is 0. The average molecular weight is 383 g/mol. The summed E-state index contributed by atoms with van der Waals surface area (Å²) in [5, 5.41) is 4.15. The lowest BCUT2D eigenvalue weighted by molar-refractivity contribution is 0.0984. The fraction of sp³-hybridized carbons (Fsp3) is 0.182. The van der Waals surface area contributed by atoms with Gasteiger partial charge in [-0.25, -0.2) is 4.98 Å². The van der Waals surface area contributed by atoms with Gasteiger partial charge in [0.25, 0.3) is 5.91 Å². The SMILES string of the molecule is O=C(c1ccccc1)N1Cc2c(-c3noc(C4CC4)n3)ncn2-c2ccccc21. The number of para-hydroxylation sites is 2. The van der Waals surface area contributed by atoms with Crippen LogP contribution in [0.15, 0.2) is 65.4 Å². The van der Waals surface area contributed by atoms with Crippen molar-refractivity contribution in [3.63, 3.8) is 0 Å². The van der Waals surface area contributed by atoms with Crippen molar-refractivity contribution in [2.45, 2.75) is 25.3 Å². The molecule has 3 heterocycles. The van der Waals surface area contributed by atoms with E-state index >= 15 is 0 Å². The molecule has 0 unspecified atom stereocenters. The van der Waals surface area contributed by atoms with Crippen molar-refractivity contribution in [1.29, 1.82) is 0 Å². The van der Waals surface area contributed by atoms with E-state index in [0.29, 0.717) is 35.4 Å². The third-order valence-corrected chi connectivity index (χ3v) is 5.45. The van der Waals surface area contributed by atoms with Crippen molar-refractivity contribution in [2.24, 2.45) is 0 Å². The number of carbonyl (C=O) groups excluding carboxylic acids is 1. The van der Waals surface area contributed by atoms with E-state index < -0.39 is 0 Å². The van der Waals surface area contributed by atoms with Crippen LogP contribution in [0.1, 0.15) is 40.7 Å². The molecule has 0 bridgehead atoms. The quantitative estimate of drug-likeness (QED) is 0.535. The molecule has 6 rings (SSSR count). The molecule has 2 aliphatic rings. The molecule has 2 aromatic heterocycles. The van der Waals surface area contributed by atoms with Crippen LogP contribution in [0.5, 0.6) is 0 Å². The molecule has 4 aromatic rings. The molecule has 0 radical (unpaired) electrons. The molecule has 7 nitrogen and oxygen atoms in total. The lowest BCUT2D eigenvalue weighted by atomic mass is 10.1. The van der Waals surface area contributed by atoms with Crippen LogP contribution in [0.3, 0.4) is 0 Å². The minimum absolute atomic E-state index is 0.0526. The van der Waals surface area contributed by atoms with Gasteiger partial charge in [-0.3, -0.25) is 9.36 Å². The van der Waals surface area contributed by atoms with Crippen molar-refractivity contribution < 1.29 is 9.32 Å². The van der Waals surface area contributed by atoms with Crippen LogP contribution in [-0.4, -0.2) is 25.6 Å². The molecule has 0 atom stereocenters. The van der Waals surface area contributed by atoms with E-state index in [-0.39, 0.29) is 5.91 Å². The molecular weight excluding hydrogens is 366 g/mol. The summed E-state index contributed by atoms with van der Waals surface area (Å²) < 4.78 is 7.43. The summed E-state index contributed by atoms with van der Waals surface area (Å²) in [5.41, 5.74) is 3.93. The highest BCUT2D eigenvalue weighted by molar-refractivity contribution is 6.07. The summed E-state index contributed by atoms with van der Waals surface area (Å²) in [6, 6.07) is 17.2. The molecule has 1 fully saturated rings. The maximum Gasteiger partial charge on any atom is 0.258 e. The standard InChI is InChI=1S/C22H17N5O2/c28-22(15-6-2-1-3-7-15)26-12-18-19(20-24-21(29-25-20)14-10-11-14)23-13-27(18)17-9-5-4-8-16(17)26/h1-9,13-14H,10-12H2. The van der Waals surface area contributed by atoms with E-state index in [9.17, 15) is 4.79 Å². The third kappa shape index (κ3) is 2.58. The smallest absolute Gasteiger partial charge is 0.258 e. The summed E-state index contributed by atoms with van der Waals surface area (Å²) in [6.07, 6.45) is 3.95. The first kappa shape index (κ1) is 16.2. The number of carbonyl (C=O) groups is 1. The predicted molar refractivity (Wildman–Crippen MR) is 106 cm³/mol. The van der Waals surface area contributed by atoms with Gasteiger partial charge in [-0.2, -0.15) is 4.98 Å². The molecule has 1 amide bonds. The zero-order valence-electron chi connectivity index (χ0n) is 15.5. The van der Waals surface area contributed by atoms with Crippen LogP contribution in [-0.2, 0) is 6.54 Å². The molecule has 0 N–H and O–H groups in total. The lowest BCUT2D eigenvalue weighted by Crippen LogP contribution is -2.35. The van der Waals surface area contributed by atoms with Crippen molar-refractivity contribution in [1.82, 2.24) is 19.7 Å². The van der Waals surface area contributed by atoms with E-state index in [1.54, 1.807) is 11.2 Å². The van der Waals surface area contributed by atoms with E-state index in [2.05, 4.69) is 15.1 Å². The van der Waals surface area contributed by atoms with Crippen molar-refractivity contribution in [3.8, 4) is 17.2 Å². The van der Waals surface area contributed by atoms with Crippen LogP contribution in [0.4, 0.5) is 5.69 Å². The number of fused-ring (bicyclic) bond motifs is 3. The summed E-state index contributed by atoms with van der Waals surface area (Å²) in [7, 11) is 0. The van der Waals surface area contributed by atoms with Crippen LogP contribution in [0.2, 0.25) is 0 Å². The molecular formula is C22H17N5O2. The van der Waals surface area contributed by atoms with Gasteiger partial charge in [0.1, 0.15) is 12.0 Å². The second-order valence-corrected chi connectivity index (χ2v) is 7.39. The number of rotatable bonds is 3. The second-order valence-electron chi connectivity index (χ2n) is 7.39. The predicted octanol–water partition coefficient (Wildman–Crippen LogP) is 3.96.